The second-order valence-corrected chi connectivity index (χ2v) is 32.3. The number of unbranched alkanes of at least 4 members (excludes halogenated alkanes) is 61. The van der Waals surface area contributed by atoms with Gasteiger partial charge in [0.25, 0.3) is 0 Å². The summed E-state index contributed by atoms with van der Waals surface area (Å²) < 4.78 is 1.53. The summed E-state index contributed by atoms with van der Waals surface area (Å²) in [5.41, 5.74) is 21.3. The Morgan fingerprint density at radius 1 is 0.250 bits per heavy atom. The second kappa shape index (κ2) is 71.4. The minimum absolute atomic E-state index is 0.999. The first kappa shape index (κ1) is 90.1. The fourth-order valence-electron chi connectivity index (χ4n) is 14.9. The first-order chi connectivity index (χ1) is 47.5. The number of benzene rings is 2. The van der Waals surface area contributed by atoms with Crippen molar-refractivity contribution in [2.75, 3.05) is 0 Å². The molecular weight excluding hydrogens is 1200 g/mol. The molecule has 0 N–H and O–H groups in total. The SMILES string of the molecule is CCCCCCCCC1=C(c2ccc(C)cc2)[N+](=[N-])C(c2cccc(CCCC)c2)=C1CCCC.CCCCCCCCCCCCCCCCCCCCCCCCCCCCC[CH2][Ni][CH2]CCCCCCCCCCCCCCCCCCCCCCCCCCCCC. The molecule has 0 aliphatic carbocycles. The van der Waals surface area contributed by atoms with E-state index in [1.807, 2.05) is 0 Å². The number of hydrogen-bond donors (Lipinski definition) is 0. The van der Waals surface area contributed by atoms with Gasteiger partial charge in [-0.25, -0.2) is 4.70 Å². The molecule has 0 saturated heterocycles. The van der Waals surface area contributed by atoms with E-state index in [1.165, 1.54) is 449 Å². The molecule has 2 aromatic carbocycles. The molecule has 96 heavy (non-hydrogen) atoms. The van der Waals surface area contributed by atoms with E-state index in [1.54, 1.807) is 0 Å². The fraction of sp³-hybridized carbons (Fsp3) is 0.828. The van der Waals surface area contributed by atoms with Gasteiger partial charge in [-0.3, -0.25) is 0 Å². The van der Waals surface area contributed by atoms with Crippen LogP contribution in [0, 0.1) is 6.92 Å². The predicted molar refractivity (Wildman–Crippen MR) is 431 cm³/mol. The Morgan fingerprint density at radius 3 is 0.781 bits per heavy atom. The van der Waals surface area contributed by atoms with Gasteiger partial charge in [-0.2, -0.15) is 0 Å². The maximum atomic E-state index is 11.7. The molecule has 1 aliphatic heterocycles. The fourth-order valence-corrected chi connectivity index (χ4v) is 16.2. The number of hydrogen-bond acceptors (Lipinski definition) is 0. The third-order valence-electron chi connectivity index (χ3n) is 21.4. The van der Waals surface area contributed by atoms with Gasteiger partial charge in [0.1, 0.15) is 0 Å². The smallest absolute Gasteiger partial charge is 0.0654 e. The Hall–Kier alpha value is -1.99. The van der Waals surface area contributed by atoms with Crippen LogP contribution < -0.4 is 0 Å². The topological polar surface area (TPSA) is 25.3 Å². The van der Waals surface area contributed by atoms with Gasteiger partial charge in [0.2, 0.25) is 11.4 Å². The molecule has 0 amide bonds. The molecule has 0 saturated carbocycles. The molecule has 0 bridgehead atoms. The van der Waals surface area contributed by atoms with Gasteiger partial charge < -0.3 is 5.53 Å². The molecule has 0 radical (unpaired) electrons. The summed E-state index contributed by atoms with van der Waals surface area (Å²) in [6.07, 6.45) is 98.7. The summed E-state index contributed by atoms with van der Waals surface area (Å²) in [5.74, 6) is 0. The van der Waals surface area contributed by atoms with E-state index in [-0.39, 0.29) is 0 Å². The van der Waals surface area contributed by atoms with E-state index in [0.29, 0.717) is 0 Å². The van der Waals surface area contributed by atoms with Crippen LogP contribution in [-0.4, -0.2) is 4.70 Å². The van der Waals surface area contributed by atoms with Crippen LogP contribution in [0.15, 0.2) is 59.7 Å². The average molecular weight is 1370 g/mol. The Bertz CT molecular complexity index is 1950. The molecular formula is C93H168N2Ni. The standard InChI is InChI=1S/C33H46N2.2C30H61.Ni/c1-5-8-11-12-13-14-20-31-30(19-10-7-3)33(29-18-15-17-27(25-29)16-9-6-2)35(34)32(31)28-23-21-26(4)22-24-28;2*1-3-5-7-9-11-13-15-17-19-21-23-25-27-29-30-28-26-24-22-20-18-16-14-12-10-8-6-4-2;/h15,17-18,21-25H,5-14,16,19-20H2,1-4H3;2*1,3-30H2,2H3;. The number of rotatable bonds is 73. The van der Waals surface area contributed by atoms with E-state index < -0.39 is 0 Å². The minimum Gasteiger partial charge on any atom is -0.0654 e. The van der Waals surface area contributed by atoms with Crippen LogP contribution >= 0.6 is 0 Å². The van der Waals surface area contributed by atoms with E-state index in [2.05, 4.69) is 105 Å². The van der Waals surface area contributed by atoms with E-state index in [4.69, 9.17) is 0 Å². The molecule has 560 valence electrons. The van der Waals surface area contributed by atoms with Crippen LogP contribution in [0.2, 0.25) is 10.8 Å². The first-order valence-electron chi connectivity index (χ1n) is 44.1. The molecule has 2 aromatic rings. The minimum atomic E-state index is 0.999. The normalized spacial score (nSPS) is 12.5. The molecule has 0 unspecified atom stereocenters. The summed E-state index contributed by atoms with van der Waals surface area (Å²) in [6, 6.07) is 17.5. The van der Waals surface area contributed by atoms with Gasteiger partial charge >= 0.3 is 166 Å². The number of aryl methyl sites for hydroxylation is 2. The quantitative estimate of drug-likeness (QED) is 0.0358. The second-order valence-electron chi connectivity index (χ2n) is 30.8. The number of nitrogens with zero attached hydrogens (tertiary/aromatic N) is 2. The molecule has 0 aromatic heterocycles. The monoisotopic (exact) mass is 1370 g/mol. The van der Waals surface area contributed by atoms with Crippen LogP contribution in [0.4, 0.5) is 0 Å². The Morgan fingerprint density at radius 2 is 0.490 bits per heavy atom. The summed E-state index contributed by atoms with van der Waals surface area (Å²) in [7, 11) is 0. The van der Waals surface area contributed by atoms with Crippen molar-refractivity contribution in [3.63, 3.8) is 0 Å². The van der Waals surface area contributed by atoms with Crippen LogP contribution in [0.1, 0.15) is 493 Å². The van der Waals surface area contributed by atoms with Gasteiger partial charge in [-0.05, 0) is 75.3 Å². The molecule has 2 nitrogen and oxygen atoms in total. The van der Waals surface area contributed by atoms with Crippen molar-refractivity contribution < 1.29 is 19.1 Å². The van der Waals surface area contributed by atoms with E-state index in [0.717, 1.165) is 54.6 Å². The Balaban J connectivity index is 0.000000750. The summed E-state index contributed by atoms with van der Waals surface area (Å²) in [6.45, 7) is 13.5. The molecule has 3 heteroatoms. The molecule has 0 spiro atoms. The van der Waals surface area contributed by atoms with Crippen molar-refractivity contribution in [1.82, 2.24) is 0 Å². The molecule has 3 rings (SSSR count). The van der Waals surface area contributed by atoms with Crippen molar-refractivity contribution in [3.8, 4) is 0 Å². The van der Waals surface area contributed by atoms with Gasteiger partial charge in [-0.15, -0.1) is 0 Å². The molecule has 0 fully saturated rings. The predicted octanol–water partition coefficient (Wildman–Crippen LogP) is 34.2. The zero-order chi connectivity index (χ0) is 68.8. The van der Waals surface area contributed by atoms with Gasteiger partial charge in [0, 0.05) is 22.3 Å². The van der Waals surface area contributed by atoms with Crippen LogP contribution in [0.3, 0.4) is 0 Å². The zero-order valence-electron chi connectivity index (χ0n) is 66.0. The van der Waals surface area contributed by atoms with Gasteiger partial charge in [-0.1, -0.05) is 328 Å². The van der Waals surface area contributed by atoms with Crippen molar-refractivity contribution in [3.05, 3.63) is 87.5 Å². The maximum absolute atomic E-state index is 11.7. The molecule has 0 atom stereocenters. The first-order valence-corrected chi connectivity index (χ1v) is 45.5. The van der Waals surface area contributed by atoms with Crippen LogP contribution in [-0.2, 0) is 20.9 Å². The van der Waals surface area contributed by atoms with Gasteiger partial charge in [0.15, 0.2) is 0 Å². The van der Waals surface area contributed by atoms with Crippen molar-refractivity contribution >= 4 is 11.4 Å². The third-order valence-corrected chi connectivity index (χ3v) is 22.8. The van der Waals surface area contributed by atoms with Crippen LogP contribution in [0.5, 0.6) is 0 Å². The number of allylic oxidation sites excluding steroid dienone is 2. The summed E-state index contributed by atoms with van der Waals surface area (Å²) in [4.78, 5) is 0. The van der Waals surface area contributed by atoms with E-state index >= 15 is 0 Å². The van der Waals surface area contributed by atoms with Crippen molar-refractivity contribution in [2.24, 2.45) is 0 Å². The summed E-state index contributed by atoms with van der Waals surface area (Å²) >= 11 is 2.06. The van der Waals surface area contributed by atoms with Crippen LogP contribution in [0.25, 0.3) is 16.9 Å². The third kappa shape index (κ3) is 52.9. The summed E-state index contributed by atoms with van der Waals surface area (Å²) in [5, 5.41) is 2.87. The van der Waals surface area contributed by atoms with Crippen molar-refractivity contribution in [1.29, 1.82) is 0 Å². The zero-order valence-corrected chi connectivity index (χ0v) is 67.0. The average Bonchev–Trinajstić information content (AvgIpc) is 1.61. The Kier molecular flexibility index (Phi) is 67.0. The molecule has 1 aliphatic rings. The van der Waals surface area contributed by atoms with E-state index in [9.17, 15) is 5.53 Å². The molecule has 1 heterocycles. The van der Waals surface area contributed by atoms with Crippen molar-refractivity contribution in [2.45, 2.75) is 495 Å². The Labute approximate surface area is 609 Å². The van der Waals surface area contributed by atoms with Gasteiger partial charge in [0.05, 0.1) is 0 Å².